The third-order valence-corrected chi connectivity index (χ3v) is 5.74. The number of methoxy groups -OCH3 is 2. The molecule has 1 N–H and O–H groups in total. The van der Waals surface area contributed by atoms with Gasteiger partial charge in [-0.05, 0) is 43.2 Å². The third-order valence-electron chi connectivity index (χ3n) is 4.66. The second kappa shape index (κ2) is 7.44. The molecular weight excluding hydrogens is 362 g/mol. The predicted molar refractivity (Wildman–Crippen MR) is 109 cm³/mol. The number of benzene rings is 2. The predicted octanol–water partition coefficient (Wildman–Crippen LogP) is 4.17. The van der Waals surface area contributed by atoms with Crippen molar-refractivity contribution in [1.82, 2.24) is 4.98 Å². The van der Waals surface area contributed by atoms with Crippen LogP contribution >= 0.6 is 11.3 Å². The van der Waals surface area contributed by atoms with E-state index in [1.807, 2.05) is 18.2 Å². The first-order chi connectivity index (χ1) is 13.2. The summed E-state index contributed by atoms with van der Waals surface area (Å²) in [5.41, 5.74) is 2.12. The number of thiazole rings is 1. The number of hydrogen-bond acceptors (Lipinski definition) is 6. The molecule has 1 aliphatic heterocycles. The molecule has 6 nitrogen and oxygen atoms in total. The molecule has 27 heavy (non-hydrogen) atoms. The SMILES string of the molecule is COc1cccc(C(=O)Nc2ccc3nc(N4CCCC4)sc3c2)c1OC. The number of fused-ring (bicyclic) bond motifs is 1. The second-order valence-electron chi connectivity index (χ2n) is 6.37. The van der Waals surface area contributed by atoms with Crippen LogP contribution in [0.2, 0.25) is 0 Å². The van der Waals surface area contributed by atoms with Crippen molar-refractivity contribution in [2.45, 2.75) is 12.8 Å². The van der Waals surface area contributed by atoms with E-state index in [9.17, 15) is 4.79 Å². The van der Waals surface area contributed by atoms with Crippen LogP contribution in [0.15, 0.2) is 36.4 Å². The number of anilines is 2. The monoisotopic (exact) mass is 383 g/mol. The summed E-state index contributed by atoms with van der Waals surface area (Å²) in [5, 5.41) is 4.00. The molecule has 0 unspecified atom stereocenters. The number of rotatable bonds is 5. The quantitative estimate of drug-likeness (QED) is 0.717. The number of para-hydroxylation sites is 1. The van der Waals surface area contributed by atoms with E-state index >= 15 is 0 Å². The minimum Gasteiger partial charge on any atom is -0.493 e. The van der Waals surface area contributed by atoms with Crippen molar-refractivity contribution in [3.63, 3.8) is 0 Å². The maximum Gasteiger partial charge on any atom is 0.259 e. The Hall–Kier alpha value is -2.80. The zero-order valence-corrected chi connectivity index (χ0v) is 16.1. The van der Waals surface area contributed by atoms with Crippen molar-refractivity contribution < 1.29 is 14.3 Å². The summed E-state index contributed by atoms with van der Waals surface area (Å²) in [7, 11) is 3.08. The van der Waals surface area contributed by atoms with Gasteiger partial charge in [-0.2, -0.15) is 0 Å². The van der Waals surface area contributed by atoms with Gasteiger partial charge in [-0.3, -0.25) is 4.79 Å². The second-order valence-corrected chi connectivity index (χ2v) is 7.38. The minimum absolute atomic E-state index is 0.241. The molecule has 0 saturated carbocycles. The number of aromatic nitrogens is 1. The Labute approximate surface area is 161 Å². The Balaban J connectivity index is 1.59. The lowest BCUT2D eigenvalue weighted by molar-refractivity contribution is 0.102. The van der Waals surface area contributed by atoms with Crippen LogP contribution in [-0.2, 0) is 0 Å². The van der Waals surface area contributed by atoms with E-state index in [1.54, 1.807) is 36.6 Å². The lowest BCUT2D eigenvalue weighted by Gasteiger charge is -2.12. The van der Waals surface area contributed by atoms with E-state index < -0.39 is 0 Å². The fourth-order valence-electron chi connectivity index (χ4n) is 3.30. The molecule has 0 atom stereocenters. The highest BCUT2D eigenvalue weighted by Crippen LogP contribution is 2.34. The van der Waals surface area contributed by atoms with Crippen LogP contribution in [0.1, 0.15) is 23.2 Å². The maximum absolute atomic E-state index is 12.7. The van der Waals surface area contributed by atoms with Crippen LogP contribution in [0.3, 0.4) is 0 Å². The van der Waals surface area contributed by atoms with E-state index in [2.05, 4.69) is 10.2 Å². The molecule has 1 aliphatic rings. The molecule has 140 valence electrons. The molecule has 2 aromatic carbocycles. The fourth-order valence-corrected chi connectivity index (χ4v) is 4.35. The summed E-state index contributed by atoms with van der Waals surface area (Å²) < 4.78 is 11.7. The minimum atomic E-state index is -0.241. The Kier molecular flexibility index (Phi) is 4.85. The number of carbonyl (C=O) groups excluding carboxylic acids is 1. The van der Waals surface area contributed by atoms with Gasteiger partial charge in [-0.1, -0.05) is 17.4 Å². The smallest absolute Gasteiger partial charge is 0.259 e. The standard InChI is InChI=1S/C20H21N3O3S/c1-25-16-7-5-6-14(18(16)26-2)19(24)21-13-8-9-15-17(12-13)27-20(22-15)23-10-3-4-11-23/h5-9,12H,3-4,10-11H2,1-2H3,(H,21,24). The van der Waals surface area contributed by atoms with Crippen LogP contribution in [0.25, 0.3) is 10.2 Å². The molecule has 0 bridgehead atoms. The van der Waals surface area contributed by atoms with Crippen molar-refractivity contribution in [2.75, 3.05) is 37.5 Å². The number of nitrogens with one attached hydrogen (secondary N) is 1. The first-order valence-electron chi connectivity index (χ1n) is 8.87. The zero-order chi connectivity index (χ0) is 18.8. The van der Waals surface area contributed by atoms with Crippen LogP contribution in [0.4, 0.5) is 10.8 Å². The molecule has 0 radical (unpaired) electrons. The van der Waals surface area contributed by atoms with Crippen LogP contribution in [-0.4, -0.2) is 38.2 Å². The molecule has 1 fully saturated rings. The van der Waals surface area contributed by atoms with Gasteiger partial charge in [0.05, 0.1) is 30.0 Å². The Morgan fingerprint density at radius 3 is 2.70 bits per heavy atom. The van der Waals surface area contributed by atoms with Crippen LogP contribution in [0.5, 0.6) is 11.5 Å². The van der Waals surface area contributed by atoms with E-state index in [0.717, 1.165) is 34.1 Å². The lowest BCUT2D eigenvalue weighted by atomic mass is 10.1. The third kappa shape index (κ3) is 3.42. The molecule has 1 aromatic heterocycles. The molecule has 4 rings (SSSR count). The highest BCUT2D eigenvalue weighted by Gasteiger charge is 2.18. The molecule has 0 spiro atoms. The Morgan fingerprint density at radius 2 is 1.96 bits per heavy atom. The highest BCUT2D eigenvalue weighted by molar-refractivity contribution is 7.22. The van der Waals surface area contributed by atoms with Gasteiger partial charge in [-0.25, -0.2) is 4.98 Å². The average Bonchev–Trinajstić information content (AvgIpc) is 3.36. The molecule has 1 amide bonds. The van der Waals surface area contributed by atoms with Gasteiger partial charge in [-0.15, -0.1) is 0 Å². The van der Waals surface area contributed by atoms with Crippen molar-refractivity contribution in [1.29, 1.82) is 0 Å². The van der Waals surface area contributed by atoms with Crippen molar-refractivity contribution in [3.8, 4) is 11.5 Å². The number of carbonyl (C=O) groups is 1. The molecular formula is C20H21N3O3S. The summed E-state index contributed by atoms with van der Waals surface area (Å²) in [6, 6.07) is 11.0. The molecule has 1 saturated heterocycles. The highest BCUT2D eigenvalue weighted by atomic mass is 32.1. The summed E-state index contributed by atoms with van der Waals surface area (Å²) >= 11 is 1.66. The maximum atomic E-state index is 12.7. The summed E-state index contributed by atoms with van der Waals surface area (Å²) in [6.07, 6.45) is 2.44. The summed E-state index contributed by atoms with van der Waals surface area (Å²) in [4.78, 5) is 19.8. The van der Waals surface area contributed by atoms with Gasteiger partial charge >= 0.3 is 0 Å². The lowest BCUT2D eigenvalue weighted by Crippen LogP contribution is -2.16. The van der Waals surface area contributed by atoms with Gasteiger partial charge < -0.3 is 19.7 Å². The normalized spacial score (nSPS) is 13.8. The first kappa shape index (κ1) is 17.6. The zero-order valence-electron chi connectivity index (χ0n) is 15.3. The summed E-state index contributed by atoms with van der Waals surface area (Å²) in [5.74, 6) is 0.709. The average molecular weight is 383 g/mol. The van der Waals surface area contributed by atoms with E-state index in [-0.39, 0.29) is 5.91 Å². The first-order valence-corrected chi connectivity index (χ1v) is 9.69. The molecule has 0 aliphatic carbocycles. The van der Waals surface area contributed by atoms with E-state index in [0.29, 0.717) is 17.1 Å². The van der Waals surface area contributed by atoms with E-state index in [1.165, 1.54) is 20.0 Å². The molecule has 2 heterocycles. The summed E-state index contributed by atoms with van der Waals surface area (Å²) in [6.45, 7) is 2.14. The Bertz CT molecular complexity index is 980. The van der Waals surface area contributed by atoms with Gasteiger partial charge in [0.25, 0.3) is 5.91 Å². The van der Waals surface area contributed by atoms with Gasteiger partial charge in [0, 0.05) is 18.8 Å². The van der Waals surface area contributed by atoms with Crippen LogP contribution in [0, 0.1) is 0 Å². The van der Waals surface area contributed by atoms with Crippen molar-refractivity contribution in [3.05, 3.63) is 42.0 Å². The van der Waals surface area contributed by atoms with E-state index in [4.69, 9.17) is 14.5 Å². The largest absolute Gasteiger partial charge is 0.493 e. The number of ether oxygens (including phenoxy) is 2. The van der Waals surface area contributed by atoms with Crippen LogP contribution < -0.4 is 19.7 Å². The van der Waals surface area contributed by atoms with Gasteiger partial charge in [0.15, 0.2) is 16.6 Å². The molecule has 7 heteroatoms. The number of nitrogens with zero attached hydrogens (tertiary/aromatic N) is 2. The van der Waals surface area contributed by atoms with Gasteiger partial charge in [0.1, 0.15) is 0 Å². The fraction of sp³-hybridized carbons (Fsp3) is 0.300. The van der Waals surface area contributed by atoms with Crippen molar-refractivity contribution in [2.24, 2.45) is 0 Å². The number of hydrogen-bond donors (Lipinski definition) is 1. The number of amides is 1. The topological polar surface area (TPSA) is 63.7 Å². The molecule has 3 aromatic rings. The Morgan fingerprint density at radius 1 is 1.15 bits per heavy atom. The van der Waals surface area contributed by atoms with Crippen molar-refractivity contribution >= 4 is 38.3 Å². The van der Waals surface area contributed by atoms with Gasteiger partial charge in [0.2, 0.25) is 0 Å².